The standard InChI is InChI=1S/C15H10N2O3S/c1-19-10-2-3-13-9(6-10)7-11(14(18)20-13)12-8-17-4-5-21-15(17)16-12/h2-8H,1H3. The second-order valence-corrected chi connectivity index (χ2v) is 5.44. The highest BCUT2D eigenvalue weighted by molar-refractivity contribution is 7.15. The van der Waals surface area contributed by atoms with Crippen molar-refractivity contribution in [3.8, 4) is 17.0 Å². The number of hydrogen-bond acceptors (Lipinski definition) is 5. The summed E-state index contributed by atoms with van der Waals surface area (Å²) in [6.07, 6.45) is 3.73. The highest BCUT2D eigenvalue weighted by Crippen LogP contribution is 2.25. The Labute approximate surface area is 123 Å². The van der Waals surface area contributed by atoms with Gasteiger partial charge in [-0.2, -0.15) is 0 Å². The summed E-state index contributed by atoms with van der Waals surface area (Å²) in [6, 6.07) is 7.11. The van der Waals surface area contributed by atoms with E-state index in [2.05, 4.69) is 4.98 Å². The van der Waals surface area contributed by atoms with Gasteiger partial charge in [-0.1, -0.05) is 0 Å². The molecule has 0 radical (unpaired) electrons. The molecule has 0 fully saturated rings. The van der Waals surface area contributed by atoms with Crippen molar-refractivity contribution < 1.29 is 9.15 Å². The lowest BCUT2D eigenvalue weighted by molar-refractivity contribution is 0.415. The van der Waals surface area contributed by atoms with Gasteiger partial charge >= 0.3 is 5.63 Å². The van der Waals surface area contributed by atoms with Crippen molar-refractivity contribution in [1.82, 2.24) is 9.38 Å². The molecule has 5 nitrogen and oxygen atoms in total. The maximum atomic E-state index is 12.1. The van der Waals surface area contributed by atoms with Crippen molar-refractivity contribution in [2.24, 2.45) is 0 Å². The average molecular weight is 298 g/mol. The van der Waals surface area contributed by atoms with Gasteiger partial charge in [-0.3, -0.25) is 4.40 Å². The first kappa shape index (κ1) is 12.2. The fourth-order valence-electron chi connectivity index (χ4n) is 2.26. The number of rotatable bonds is 2. The highest BCUT2D eigenvalue weighted by Gasteiger charge is 2.12. The normalized spacial score (nSPS) is 11.3. The van der Waals surface area contributed by atoms with Gasteiger partial charge in [-0.25, -0.2) is 9.78 Å². The zero-order chi connectivity index (χ0) is 14.4. The molecule has 104 valence electrons. The van der Waals surface area contributed by atoms with Gasteiger partial charge in [0.05, 0.1) is 18.4 Å². The first-order chi connectivity index (χ1) is 10.2. The Bertz CT molecular complexity index is 984. The van der Waals surface area contributed by atoms with Gasteiger partial charge in [0.25, 0.3) is 0 Å². The monoisotopic (exact) mass is 298 g/mol. The molecule has 0 N–H and O–H groups in total. The molecule has 1 aromatic carbocycles. The van der Waals surface area contributed by atoms with E-state index in [9.17, 15) is 4.79 Å². The van der Waals surface area contributed by atoms with Crippen molar-refractivity contribution in [2.75, 3.05) is 7.11 Å². The van der Waals surface area contributed by atoms with Crippen molar-refractivity contribution in [2.45, 2.75) is 0 Å². The summed E-state index contributed by atoms with van der Waals surface area (Å²) in [5.74, 6) is 0.716. The van der Waals surface area contributed by atoms with Crippen LogP contribution in [0.15, 0.2) is 51.3 Å². The minimum Gasteiger partial charge on any atom is -0.497 e. The molecule has 0 aliphatic heterocycles. The van der Waals surface area contributed by atoms with E-state index in [-0.39, 0.29) is 0 Å². The molecule has 4 aromatic rings. The quantitative estimate of drug-likeness (QED) is 0.533. The Balaban J connectivity index is 1.96. The van der Waals surface area contributed by atoms with Gasteiger partial charge in [0, 0.05) is 23.2 Å². The van der Waals surface area contributed by atoms with E-state index in [1.165, 1.54) is 11.3 Å². The number of nitrogens with zero attached hydrogens (tertiary/aromatic N) is 2. The van der Waals surface area contributed by atoms with Crippen LogP contribution in [0.4, 0.5) is 0 Å². The minimum absolute atomic E-state index is 0.390. The molecule has 0 saturated heterocycles. The molecule has 0 amide bonds. The van der Waals surface area contributed by atoms with Crippen LogP contribution >= 0.6 is 11.3 Å². The third kappa shape index (κ3) is 1.92. The molecule has 6 heteroatoms. The SMILES string of the molecule is COc1ccc2oc(=O)c(-c3cn4ccsc4n3)cc2c1. The van der Waals surface area contributed by atoms with E-state index in [0.29, 0.717) is 22.6 Å². The van der Waals surface area contributed by atoms with Gasteiger partial charge in [-0.05, 0) is 24.3 Å². The first-order valence-corrected chi connectivity index (χ1v) is 7.17. The van der Waals surface area contributed by atoms with E-state index in [1.807, 2.05) is 28.2 Å². The van der Waals surface area contributed by atoms with Crippen LogP contribution in [0.1, 0.15) is 0 Å². The Morgan fingerprint density at radius 1 is 1.33 bits per heavy atom. The average Bonchev–Trinajstić information content (AvgIpc) is 3.07. The van der Waals surface area contributed by atoms with Crippen LogP contribution < -0.4 is 10.4 Å². The molecule has 0 unspecified atom stereocenters. The van der Waals surface area contributed by atoms with Crippen LogP contribution in [0.5, 0.6) is 5.75 Å². The van der Waals surface area contributed by atoms with Crippen LogP contribution in [-0.2, 0) is 0 Å². The lowest BCUT2D eigenvalue weighted by Crippen LogP contribution is -2.02. The second-order valence-electron chi connectivity index (χ2n) is 4.57. The zero-order valence-corrected chi connectivity index (χ0v) is 11.9. The number of aromatic nitrogens is 2. The predicted molar refractivity (Wildman–Crippen MR) is 81.1 cm³/mol. The summed E-state index contributed by atoms with van der Waals surface area (Å²) < 4.78 is 12.4. The van der Waals surface area contributed by atoms with Crippen LogP contribution in [0, 0.1) is 0 Å². The lowest BCUT2D eigenvalue weighted by Gasteiger charge is -2.02. The molecular weight excluding hydrogens is 288 g/mol. The largest absolute Gasteiger partial charge is 0.497 e. The molecule has 0 saturated carbocycles. The molecule has 0 aliphatic rings. The molecule has 0 spiro atoms. The topological polar surface area (TPSA) is 56.7 Å². The number of benzene rings is 1. The van der Waals surface area contributed by atoms with Crippen LogP contribution in [0.2, 0.25) is 0 Å². The van der Waals surface area contributed by atoms with Crippen LogP contribution in [-0.4, -0.2) is 16.5 Å². The van der Waals surface area contributed by atoms with Crippen molar-refractivity contribution in [1.29, 1.82) is 0 Å². The van der Waals surface area contributed by atoms with Crippen molar-refractivity contribution in [3.05, 3.63) is 52.5 Å². The third-order valence-electron chi connectivity index (χ3n) is 3.31. The maximum Gasteiger partial charge on any atom is 0.345 e. The number of fused-ring (bicyclic) bond motifs is 2. The Hall–Kier alpha value is -2.60. The predicted octanol–water partition coefficient (Wildman–Crippen LogP) is 3.18. The third-order valence-corrected chi connectivity index (χ3v) is 4.08. The molecule has 3 aromatic heterocycles. The molecule has 0 bridgehead atoms. The minimum atomic E-state index is -0.390. The fourth-order valence-corrected chi connectivity index (χ4v) is 2.96. The van der Waals surface area contributed by atoms with E-state index in [4.69, 9.17) is 9.15 Å². The summed E-state index contributed by atoms with van der Waals surface area (Å²) in [6.45, 7) is 0. The summed E-state index contributed by atoms with van der Waals surface area (Å²) in [5, 5.41) is 2.75. The number of imidazole rings is 1. The molecule has 0 atom stereocenters. The number of hydrogen-bond donors (Lipinski definition) is 0. The summed E-state index contributed by atoms with van der Waals surface area (Å²) in [5.41, 5.74) is 1.20. The van der Waals surface area contributed by atoms with E-state index < -0.39 is 5.63 Å². The van der Waals surface area contributed by atoms with Gasteiger partial charge < -0.3 is 9.15 Å². The fraction of sp³-hybridized carbons (Fsp3) is 0.0667. The highest BCUT2D eigenvalue weighted by atomic mass is 32.1. The van der Waals surface area contributed by atoms with Crippen LogP contribution in [0.3, 0.4) is 0 Å². The van der Waals surface area contributed by atoms with E-state index in [1.54, 1.807) is 25.3 Å². The Morgan fingerprint density at radius 3 is 3.05 bits per heavy atom. The smallest absolute Gasteiger partial charge is 0.345 e. The summed E-state index contributed by atoms with van der Waals surface area (Å²) in [4.78, 5) is 17.4. The summed E-state index contributed by atoms with van der Waals surface area (Å²) in [7, 11) is 1.60. The van der Waals surface area contributed by atoms with E-state index >= 15 is 0 Å². The zero-order valence-electron chi connectivity index (χ0n) is 11.1. The van der Waals surface area contributed by atoms with E-state index in [0.717, 1.165) is 10.3 Å². The molecule has 3 heterocycles. The van der Waals surface area contributed by atoms with Crippen molar-refractivity contribution in [3.63, 3.8) is 0 Å². The van der Waals surface area contributed by atoms with Gasteiger partial charge in [-0.15, -0.1) is 11.3 Å². The van der Waals surface area contributed by atoms with Gasteiger partial charge in [0.2, 0.25) is 0 Å². The Kier molecular flexibility index (Phi) is 2.58. The second kappa shape index (κ2) is 4.46. The molecule has 4 rings (SSSR count). The van der Waals surface area contributed by atoms with Gasteiger partial charge in [0.15, 0.2) is 4.96 Å². The molecule has 0 aliphatic carbocycles. The molecule has 21 heavy (non-hydrogen) atoms. The first-order valence-electron chi connectivity index (χ1n) is 6.29. The number of ether oxygens (including phenoxy) is 1. The Morgan fingerprint density at radius 2 is 2.24 bits per heavy atom. The van der Waals surface area contributed by atoms with Crippen LogP contribution in [0.25, 0.3) is 27.2 Å². The lowest BCUT2D eigenvalue weighted by atomic mass is 10.1. The molecular formula is C15H10N2O3S. The number of methoxy groups -OCH3 is 1. The maximum absolute atomic E-state index is 12.1. The number of thiazole rings is 1. The van der Waals surface area contributed by atoms with Gasteiger partial charge in [0.1, 0.15) is 11.3 Å². The summed E-state index contributed by atoms with van der Waals surface area (Å²) >= 11 is 1.52. The van der Waals surface area contributed by atoms with Crippen molar-refractivity contribution >= 4 is 27.3 Å².